The largest absolute Gasteiger partial charge is 0.356 e. The Kier molecular flexibility index (Phi) is 7.92. The number of aromatic nitrogens is 2. The zero-order chi connectivity index (χ0) is 17.2. The van der Waals surface area contributed by atoms with Gasteiger partial charge in [-0.25, -0.2) is 4.98 Å². The number of hydrogen-bond acceptors (Lipinski definition) is 2. The number of aryl methyl sites for hydroxylation is 2. The first-order valence-electron chi connectivity index (χ1n) is 8.03. The highest BCUT2D eigenvalue weighted by Crippen LogP contribution is 2.21. The highest BCUT2D eigenvalue weighted by atomic mass is 35.5. The molecule has 0 radical (unpaired) electrons. The van der Waals surface area contributed by atoms with Gasteiger partial charge in [-0.1, -0.05) is 29.3 Å². The lowest BCUT2D eigenvalue weighted by molar-refractivity contribution is 0.623. The van der Waals surface area contributed by atoms with Crippen molar-refractivity contribution in [2.75, 3.05) is 20.1 Å². The molecule has 0 saturated heterocycles. The van der Waals surface area contributed by atoms with Gasteiger partial charge >= 0.3 is 0 Å². The molecule has 0 aliphatic carbocycles. The van der Waals surface area contributed by atoms with E-state index >= 15 is 0 Å². The molecule has 2 N–H and O–H groups in total. The van der Waals surface area contributed by atoms with Crippen molar-refractivity contribution in [3.05, 3.63) is 52.5 Å². The average molecular weight is 368 g/mol. The molecule has 0 atom stereocenters. The van der Waals surface area contributed by atoms with E-state index in [1.807, 2.05) is 24.7 Å². The van der Waals surface area contributed by atoms with Crippen molar-refractivity contribution in [3.63, 3.8) is 0 Å². The Bertz CT molecular complexity index is 640. The molecule has 7 heteroatoms. The summed E-state index contributed by atoms with van der Waals surface area (Å²) in [6.45, 7) is 2.64. The van der Waals surface area contributed by atoms with Crippen LogP contribution in [0.5, 0.6) is 0 Å². The molecule has 0 spiro atoms. The molecule has 0 saturated carbocycles. The lowest BCUT2D eigenvalue weighted by atomic mass is 10.1. The van der Waals surface area contributed by atoms with Crippen LogP contribution in [-0.4, -0.2) is 35.6 Å². The van der Waals surface area contributed by atoms with Gasteiger partial charge in [0.05, 0.1) is 6.33 Å². The summed E-state index contributed by atoms with van der Waals surface area (Å²) in [4.78, 5) is 8.26. The van der Waals surface area contributed by atoms with E-state index in [4.69, 9.17) is 23.2 Å². The molecule has 1 aromatic carbocycles. The van der Waals surface area contributed by atoms with Crippen LogP contribution >= 0.6 is 23.2 Å². The monoisotopic (exact) mass is 367 g/mol. The fourth-order valence-electron chi connectivity index (χ4n) is 2.32. The third-order valence-electron chi connectivity index (χ3n) is 3.60. The molecular formula is C17H23Cl2N5. The Morgan fingerprint density at radius 3 is 2.67 bits per heavy atom. The van der Waals surface area contributed by atoms with Crippen LogP contribution in [0.4, 0.5) is 0 Å². The Hall–Kier alpha value is -1.72. The normalized spacial score (nSPS) is 11.5. The highest BCUT2D eigenvalue weighted by Gasteiger charge is 2.02. The summed E-state index contributed by atoms with van der Waals surface area (Å²) in [5.41, 5.74) is 1.12. The summed E-state index contributed by atoms with van der Waals surface area (Å²) in [5.74, 6) is 0.822. The second kappa shape index (κ2) is 10.2. The maximum atomic E-state index is 6.18. The number of hydrogen-bond donors (Lipinski definition) is 2. The SMILES string of the molecule is CN=C(NCCCc1ccc(Cl)cc1Cl)NCCCn1ccnc1. The van der Waals surface area contributed by atoms with Gasteiger partial charge in [0.1, 0.15) is 0 Å². The number of nitrogens with one attached hydrogen (secondary N) is 2. The minimum absolute atomic E-state index is 0.669. The second-order valence-corrected chi connectivity index (χ2v) is 6.26. The first-order valence-corrected chi connectivity index (χ1v) is 8.79. The van der Waals surface area contributed by atoms with Gasteiger partial charge in [0, 0.05) is 49.1 Å². The number of nitrogens with zero attached hydrogens (tertiary/aromatic N) is 3. The summed E-state index contributed by atoms with van der Waals surface area (Å²) >= 11 is 12.1. The predicted octanol–water partition coefficient (Wildman–Crippen LogP) is 3.38. The summed E-state index contributed by atoms with van der Waals surface area (Å²) in [5, 5.41) is 8.02. The number of aliphatic imine (C=N–C) groups is 1. The first-order chi connectivity index (χ1) is 11.7. The van der Waals surface area contributed by atoms with Crippen LogP contribution in [0.2, 0.25) is 10.0 Å². The topological polar surface area (TPSA) is 54.2 Å². The molecule has 1 aromatic heterocycles. The van der Waals surface area contributed by atoms with Gasteiger partial charge in [0.2, 0.25) is 0 Å². The van der Waals surface area contributed by atoms with Crippen LogP contribution in [0.3, 0.4) is 0 Å². The average Bonchev–Trinajstić information content (AvgIpc) is 3.08. The predicted molar refractivity (Wildman–Crippen MR) is 101 cm³/mol. The Labute approximate surface area is 153 Å². The third-order valence-corrected chi connectivity index (χ3v) is 4.19. The van der Waals surface area contributed by atoms with Crippen molar-refractivity contribution in [3.8, 4) is 0 Å². The highest BCUT2D eigenvalue weighted by molar-refractivity contribution is 6.35. The van der Waals surface area contributed by atoms with Crippen molar-refractivity contribution >= 4 is 29.2 Å². The van der Waals surface area contributed by atoms with Crippen LogP contribution in [0, 0.1) is 0 Å². The molecule has 0 aliphatic heterocycles. The van der Waals surface area contributed by atoms with E-state index in [2.05, 4.69) is 25.2 Å². The molecule has 0 aliphatic rings. The van der Waals surface area contributed by atoms with E-state index in [0.29, 0.717) is 5.02 Å². The standard InChI is InChI=1S/C17H23Cl2N5/c1-20-17(23-8-3-10-24-11-9-21-13-24)22-7-2-4-14-5-6-15(18)12-16(14)19/h5-6,9,11-13H,2-4,7-8,10H2,1H3,(H2,20,22,23). The lowest BCUT2D eigenvalue weighted by Gasteiger charge is -2.12. The van der Waals surface area contributed by atoms with Crippen LogP contribution < -0.4 is 10.6 Å². The number of imidazole rings is 1. The fourth-order valence-corrected chi connectivity index (χ4v) is 2.82. The summed E-state index contributed by atoms with van der Waals surface area (Å²) < 4.78 is 2.06. The van der Waals surface area contributed by atoms with Gasteiger partial charge in [0.15, 0.2) is 5.96 Å². The Morgan fingerprint density at radius 1 is 1.21 bits per heavy atom. The number of rotatable bonds is 8. The van der Waals surface area contributed by atoms with E-state index in [9.17, 15) is 0 Å². The second-order valence-electron chi connectivity index (χ2n) is 5.42. The molecule has 0 amide bonds. The summed E-state index contributed by atoms with van der Waals surface area (Å²) in [6.07, 6.45) is 8.47. The first kappa shape index (κ1) is 18.6. The van der Waals surface area contributed by atoms with Crippen LogP contribution in [0.25, 0.3) is 0 Å². The molecule has 5 nitrogen and oxygen atoms in total. The van der Waals surface area contributed by atoms with Crippen molar-refractivity contribution < 1.29 is 0 Å². The van der Waals surface area contributed by atoms with E-state index in [1.165, 1.54) is 0 Å². The maximum absolute atomic E-state index is 6.18. The Morgan fingerprint density at radius 2 is 2.00 bits per heavy atom. The van der Waals surface area contributed by atoms with Gasteiger partial charge in [-0.05, 0) is 37.0 Å². The zero-order valence-electron chi connectivity index (χ0n) is 13.8. The van der Waals surface area contributed by atoms with E-state index in [-0.39, 0.29) is 0 Å². The number of benzene rings is 1. The van der Waals surface area contributed by atoms with Crippen molar-refractivity contribution in [2.24, 2.45) is 4.99 Å². The van der Waals surface area contributed by atoms with Gasteiger partial charge in [-0.2, -0.15) is 0 Å². The fraction of sp³-hybridized carbons (Fsp3) is 0.412. The van der Waals surface area contributed by atoms with Crippen molar-refractivity contribution in [1.82, 2.24) is 20.2 Å². The van der Waals surface area contributed by atoms with E-state index in [0.717, 1.165) is 55.4 Å². The van der Waals surface area contributed by atoms with Gasteiger partial charge < -0.3 is 15.2 Å². The number of guanidine groups is 1. The zero-order valence-corrected chi connectivity index (χ0v) is 15.3. The minimum atomic E-state index is 0.669. The maximum Gasteiger partial charge on any atom is 0.190 e. The van der Waals surface area contributed by atoms with Crippen LogP contribution in [0.15, 0.2) is 41.9 Å². The van der Waals surface area contributed by atoms with Gasteiger partial charge in [0.25, 0.3) is 0 Å². The molecular weight excluding hydrogens is 345 g/mol. The Balaban J connectivity index is 1.61. The van der Waals surface area contributed by atoms with Gasteiger partial charge in [-0.15, -0.1) is 0 Å². The molecule has 2 rings (SSSR count). The molecule has 24 heavy (non-hydrogen) atoms. The molecule has 0 fully saturated rings. The van der Waals surface area contributed by atoms with Crippen molar-refractivity contribution in [1.29, 1.82) is 0 Å². The van der Waals surface area contributed by atoms with Crippen LogP contribution in [-0.2, 0) is 13.0 Å². The lowest BCUT2D eigenvalue weighted by Crippen LogP contribution is -2.38. The van der Waals surface area contributed by atoms with Gasteiger partial charge in [-0.3, -0.25) is 4.99 Å². The van der Waals surface area contributed by atoms with Crippen LogP contribution in [0.1, 0.15) is 18.4 Å². The number of halogens is 2. The summed E-state index contributed by atoms with van der Waals surface area (Å²) in [7, 11) is 1.78. The van der Waals surface area contributed by atoms with E-state index < -0.39 is 0 Å². The molecule has 1 heterocycles. The van der Waals surface area contributed by atoms with E-state index in [1.54, 1.807) is 19.3 Å². The van der Waals surface area contributed by atoms with Crippen molar-refractivity contribution in [2.45, 2.75) is 25.8 Å². The quantitative estimate of drug-likeness (QED) is 0.427. The summed E-state index contributed by atoms with van der Waals surface area (Å²) in [6, 6.07) is 5.64. The molecule has 0 unspecified atom stereocenters. The third kappa shape index (κ3) is 6.42. The minimum Gasteiger partial charge on any atom is -0.356 e. The molecule has 2 aromatic rings. The molecule has 130 valence electrons. The molecule has 0 bridgehead atoms. The smallest absolute Gasteiger partial charge is 0.190 e.